The highest BCUT2D eigenvalue weighted by Crippen LogP contribution is 2.42. The maximum atomic E-state index is 13.6. The van der Waals surface area contributed by atoms with Crippen molar-refractivity contribution >= 4 is 11.8 Å². The van der Waals surface area contributed by atoms with Crippen molar-refractivity contribution in [3.8, 4) is 5.69 Å². The molecule has 0 amide bonds. The molecule has 0 aliphatic rings. The number of aromatic nitrogens is 1. The lowest BCUT2D eigenvalue weighted by molar-refractivity contribution is -0.275. The Labute approximate surface area is 180 Å². The predicted octanol–water partition coefficient (Wildman–Crippen LogP) is 4.39. The molecule has 2 aromatic heterocycles. The van der Waals surface area contributed by atoms with Crippen LogP contribution in [0.5, 0.6) is 0 Å². The van der Waals surface area contributed by atoms with Gasteiger partial charge >= 0.3 is 12.1 Å². The standard InChI is InChI=1S/C22H19F4NO5/c1-13-9-17(14(2)27(13)16-6-3-5-15(23)10-16)18(28)12-32-20(29)11-21(30,22(24,25)26)19-7-4-8-31-19/h3-10,30H,11-12H2,1-2H3/t21-/m0/s1. The lowest BCUT2D eigenvalue weighted by atomic mass is 9.96. The van der Waals surface area contributed by atoms with Crippen LogP contribution in [-0.2, 0) is 15.1 Å². The minimum absolute atomic E-state index is 0.164. The summed E-state index contributed by atoms with van der Waals surface area (Å²) in [6.45, 7) is 2.46. The van der Waals surface area contributed by atoms with Crippen LogP contribution in [0.2, 0.25) is 0 Å². The minimum atomic E-state index is -5.22. The van der Waals surface area contributed by atoms with E-state index in [1.54, 1.807) is 24.5 Å². The van der Waals surface area contributed by atoms with Gasteiger partial charge in [0, 0.05) is 22.6 Å². The van der Waals surface area contributed by atoms with Gasteiger partial charge in [-0.1, -0.05) is 6.07 Å². The summed E-state index contributed by atoms with van der Waals surface area (Å²) in [4.78, 5) is 24.6. The molecule has 2 heterocycles. The predicted molar refractivity (Wildman–Crippen MR) is 104 cm³/mol. The van der Waals surface area contributed by atoms with Crippen LogP contribution < -0.4 is 0 Å². The number of aliphatic hydroxyl groups is 1. The van der Waals surface area contributed by atoms with Gasteiger partial charge < -0.3 is 18.8 Å². The van der Waals surface area contributed by atoms with Gasteiger partial charge in [-0.15, -0.1) is 0 Å². The van der Waals surface area contributed by atoms with Gasteiger partial charge in [0.05, 0.1) is 12.7 Å². The molecule has 0 fully saturated rings. The van der Waals surface area contributed by atoms with E-state index in [0.29, 0.717) is 17.1 Å². The number of hydrogen-bond acceptors (Lipinski definition) is 5. The number of benzene rings is 1. The van der Waals surface area contributed by atoms with Crippen molar-refractivity contribution in [1.82, 2.24) is 4.57 Å². The van der Waals surface area contributed by atoms with E-state index in [2.05, 4.69) is 4.42 Å². The zero-order chi connectivity index (χ0) is 23.7. The van der Waals surface area contributed by atoms with E-state index in [9.17, 15) is 32.3 Å². The highest BCUT2D eigenvalue weighted by Gasteiger charge is 2.58. The number of alkyl halides is 3. The fourth-order valence-electron chi connectivity index (χ4n) is 3.38. The van der Waals surface area contributed by atoms with Crippen LogP contribution in [0.4, 0.5) is 17.6 Å². The number of Topliss-reactive ketones (excluding diaryl/α,β-unsaturated/α-hetero) is 1. The number of ether oxygens (including phenoxy) is 1. The monoisotopic (exact) mass is 453 g/mol. The number of carbonyl (C=O) groups is 2. The highest BCUT2D eigenvalue weighted by atomic mass is 19.4. The number of hydrogen-bond donors (Lipinski definition) is 1. The topological polar surface area (TPSA) is 81.7 Å². The molecule has 6 nitrogen and oxygen atoms in total. The number of ketones is 1. The second-order valence-electron chi connectivity index (χ2n) is 7.20. The molecular weight excluding hydrogens is 434 g/mol. The molecular formula is C22H19F4NO5. The molecule has 170 valence electrons. The van der Waals surface area contributed by atoms with Gasteiger partial charge in [-0.05, 0) is 50.2 Å². The molecule has 32 heavy (non-hydrogen) atoms. The second-order valence-corrected chi connectivity index (χ2v) is 7.20. The molecule has 0 aliphatic heterocycles. The summed E-state index contributed by atoms with van der Waals surface area (Å²) in [7, 11) is 0. The van der Waals surface area contributed by atoms with Gasteiger partial charge in [0.25, 0.3) is 0 Å². The van der Waals surface area contributed by atoms with E-state index in [1.165, 1.54) is 24.3 Å². The van der Waals surface area contributed by atoms with Gasteiger partial charge in [0.2, 0.25) is 11.4 Å². The number of esters is 1. The van der Waals surface area contributed by atoms with Crippen LogP contribution in [0, 0.1) is 19.7 Å². The minimum Gasteiger partial charge on any atom is -0.466 e. The van der Waals surface area contributed by atoms with Crippen molar-refractivity contribution < 1.29 is 41.4 Å². The van der Waals surface area contributed by atoms with E-state index in [4.69, 9.17) is 4.74 Å². The Bertz CT molecular complexity index is 1130. The van der Waals surface area contributed by atoms with Crippen LogP contribution in [0.3, 0.4) is 0 Å². The van der Waals surface area contributed by atoms with Crippen LogP contribution in [0.15, 0.2) is 53.1 Å². The lowest BCUT2D eigenvalue weighted by Gasteiger charge is -2.27. The molecule has 1 aromatic carbocycles. The Kier molecular flexibility index (Phi) is 6.27. The average molecular weight is 453 g/mol. The number of rotatable bonds is 7. The molecule has 0 radical (unpaired) electrons. The Balaban J connectivity index is 1.73. The highest BCUT2D eigenvalue weighted by molar-refractivity contribution is 5.99. The Morgan fingerprint density at radius 3 is 2.44 bits per heavy atom. The molecule has 0 saturated heterocycles. The molecule has 1 N–H and O–H groups in total. The SMILES string of the molecule is Cc1cc(C(=O)COC(=O)C[C@](O)(c2ccco2)C(F)(F)F)c(C)n1-c1cccc(F)c1. The number of carbonyl (C=O) groups excluding carboxylic acids is 2. The summed E-state index contributed by atoms with van der Waals surface area (Å²) in [6.07, 6.45) is -5.78. The number of furan rings is 1. The maximum Gasteiger partial charge on any atom is 0.425 e. The Morgan fingerprint density at radius 2 is 1.84 bits per heavy atom. The third kappa shape index (κ3) is 4.45. The molecule has 0 saturated carbocycles. The van der Waals surface area contributed by atoms with Gasteiger partial charge in [-0.2, -0.15) is 13.2 Å². The van der Waals surface area contributed by atoms with Crippen molar-refractivity contribution in [1.29, 1.82) is 0 Å². The van der Waals surface area contributed by atoms with E-state index >= 15 is 0 Å². The summed E-state index contributed by atoms with van der Waals surface area (Å²) >= 11 is 0. The summed E-state index contributed by atoms with van der Waals surface area (Å²) < 4.78 is 64.6. The van der Waals surface area contributed by atoms with Crippen molar-refractivity contribution in [3.05, 3.63) is 77.3 Å². The smallest absolute Gasteiger partial charge is 0.425 e. The van der Waals surface area contributed by atoms with Crippen LogP contribution in [0.1, 0.15) is 33.9 Å². The molecule has 0 bridgehead atoms. The van der Waals surface area contributed by atoms with E-state index in [1.807, 2.05) is 0 Å². The van der Waals surface area contributed by atoms with Gasteiger partial charge in [0.15, 0.2) is 6.61 Å². The number of aryl methyl sites for hydroxylation is 1. The average Bonchev–Trinajstić information content (AvgIpc) is 3.34. The summed E-state index contributed by atoms with van der Waals surface area (Å²) in [5.74, 6) is -3.44. The molecule has 10 heteroatoms. The first-order valence-corrected chi connectivity index (χ1v) is 9.41. The van der Waals surface area contributed by atoms with Crippen molar-refractivity contribution in [2.45, 2.75) is 32.0 Å². The van der Waals surface area contributed by atoms with E-state index in [0.717, 1.165) is 18.4 Å². The number of halogens is 4. The van der Waals surface area contributed by atoms with Gasteiger partial charge in [-0.25, -0.2) is 4.39 Å². The Hall–Kier alpha value is -3.40. The largest absolute Gasteiger partial charge is 0.466 e. The zero-order valence-corrected chi connectivity index (χ0v) is 17.1. The molecule has 0 unspecified atom stereocenters. The zero-order valence-electron chi connectivity index (χ0n) is 17.1. The van der Waals surface area contributed by atoms with Crippen molar-refractivity contribution in [2.75, 3.05) is 6.61 Å². The maximum absolute atomic E-state index is 13.6. The lowest BCUT2D eigenvalue weighted by Crippen LogP contribution is -2.44. The molecule has 3 rings (SSSR count). The third-order valence-corrected chi connectivity index (χ3v) is 4.96. The van der Waals surface area contributed by atoms with Crippen LogP contribution in [-0.4, -0.2) is 34.2 Å². The fraction of sp³-hybridized carbons (Fsp3) is 0.273. The first-order valence-electron chi connectivity index (χ1n) is 9.41. The van der Waals surface area contributed by atoms with E-state index in [-0.39, 0.29) is 5.56 Å². The first-order chi connectivity index (χ1) is 14.9. The van der Waals surface area contributed by atoms with Gasteiger partial charge in [-0.3, -0.25) is 9.59 Å². The van der Waals surface area contributed by atoms with Gasteiger partial charge in [0.1, 0.15) is 11.6 Å². The van der Waals surface area contributed by atoms with E-state index < -0.39 is 48.1 Å². The fourth-order valence-corrected chi connectivity index (χ4v) is 3.38. The third-order valence-electron chi connectivity index (χ3n) is 4.96. The molecule has 0 aliphatic carbocycles. The first kappa shape index (κ1) is 23.3. The molecule has 0 spiro atoms. The van der Waals surface area contributed by atoms with Crippen LogP contribution >= 0.6 is 0 Å². The number of nitrogens with zero attached hydrogens (tertiary/aromatic N) is 1. The quantitative estimate of drug-likeness (QED) is 0.326. The summed E-state index contributed by atoms with van der Waals surface area (Å²) in [5.41, 5.74) is -1.91. The Morgan fingerprint density at radius 1 is 1.12 bits per heavy atom. The van der Waals surface area contributed by atoms with Crippen molar-refractivity contribution in [3.63, 3.8) is 0 Å². The summed E-state index contributed by atoms with van der Waals surface area (Å²) in [5, 5.41) is 10.1. The molecule has 3 aromatic rings. The second kappa shape index (κ2) is 8.62. The van der Waals surface area contributed by atoms with Crippen molar-refractivity contribution in [2.24, 2.45) is 0 Å². The van der Waals surface area contributed by atoms with Crippen LogP contribution in [0.25, 0.3) is 5.69 Å². The summed E-state index contributed by atoms with van der Waals surface area (Å²) in [6, 6.07) is 9.22. The molecule has 1 atom stereocenters. The normalized spacial score (nSPS) is 13.6.